The second-order valence-corrected chi connectivity index (χ2v) is 7.88. The molecule has 0 aliphatic rings. The van der Waals surface area contributed by atoms with Crippen molar-refractivity contribution in [3.05, 3.63) is 28.3 Å². The molecule has 0 aliphatic heterocycles. The average molecular weight is 316 g/mol. The van der Waals surface area contributed by atoms with Crippen LogP contribution < -0.4 is 10.1 Å². The van der Waals surface area contributed by atoms with Crippen molar-refractivity contribution in [3.8, 4) is 5.75 Å². The minimum absolute atomic E-state index is 0.0578. The molecule has 0 aromatic heterocycles. The Kier molecular flexibility index (Phi) is 5.16. The van der Waals surface area contributed by atoms with Crippen LogP contribution in [-0.2, 0) is 9.84 Å². The highest BCUT2D eigenvalue weighted by molar-refractivity contribution is 7.92. The third kappa shape index (κ3) is 4.07. The maximum absolute atomic E-state index is 11.7. The molecule has 0 fully saturated rings. The number of nitrogens with one attached hydrogen (secondary N) is 1. The number of para-hydroxylation sites is 1. The van der Waals surface area contributed by atoms with Crippen LogP contribution in [0.25, 0.3) is 0 Å². The molecule has 1 aromatic carbocycles. The van der Waals surface area contributed by atoms with Gasteiger partial charge in [-0.2, -0.15) is 0 Å². The lowest BCUT2D eigenvalue weighted by molar-refractivity contribution is -0.384. The minimum atomic E-state index is -3.29. The SMILES string of the molecule is CCOc1cccc(NCC(C)(C)S(C)(=O)=O)c1[N+](=O)[O-]. The van der Waals surface area contributed by atoms with Gasteiger partial charge in [0.2, 0.25) is 0 Å². The summed E-state index contributed by atoms with van der Waals surface area (Å²) in [6, 6.07) is 4.65. The topological polar surface area (TPSA) is 98.5 Å². The van der Waals surface area contributed by atoms with Crippen molar-refractivity contribution in [1.82, 2.24) is 0 Å². The standard InChI is InChI=1S/C13H20N2O5S/c1-5-20-11-8-6-7-10(12(11)15(16)17)14-9-13(2,3)21(4,18)19/h6-8,14H,5,9H2,1-4H3. The van der Waals surface area contributed by atoms with Gasteiger partial charge < -0.3 is 10.1 Å². The lowest BCUT2D eigenvalue weighted by Gasteiger charge is -2.23. The summed E-state index contributed by atoms with van der Waals surface area (Å²) in [7, 11) is -3.29. The highest BCUT2D eigenvalue weighted by atomic mass is 32.2. The number of nitro benzene ring substituents is 1. The number of ether oxygens (including phenoxy) is 1. The Morgan fingerprint density at radius 2 is 2.00 bits per heavy atom. The van der Waals surface area contributed by atoms with E-state index in [1.165, 1.54) is 12.1 Å². The Morgan fingerprint density at radius 3 is 2.48 bits per heavy atom. The number of hydrogen-bond donors (Lipinski definition) is 1. The molecule has 0 saturated heterocycles. The molecule has 1 rings (SSSR count). The van der Waals surface area contributed by atoms with Gasteiger partial charge in [-0.1, -0.05) is 6.07 Å². The zero-order valence-corrected chi connectivity index (χ0v) is 13.4. The third-order valence-corrected chi connectivity index (χ3v) is 5.34. The van der Waals surface area contributed by atoms with E-state index in [-0.39, 0.29) is 23.7 Å². The van der Waals surface area contributed by atoms with Crippen LogP contribution in [0.15, 0.2) is 18.2 Å². The first kappa shape index (κ1) is 17.2. The van der Waals surface area contributed by atoms with Crippen molar-refractivity contribution < 1.29 is 18.1 Å². The van der Waals surface area contributed by atoms with E-state index in [0.717, 1.165) is 6.26 Å². The van der Waals surface area contributed by atoms with Crippen molar-refractivity contribution in [2.24, 2.45) is 0 Å². The predicted octanol–water partition coefficient (Wildman–Crippen LogP) is 2.23. The highest BCUT2D eigenvalue weighted by Gasteiger charge is 2.31. The quantitative estimate of drug-likeness (QED) is 0.612. The molecular formula is C13H20N2O5S. The Labute approximate surface area is 124 Å². The summed E-state index contributed by atoms with van der Waals surface area (Å²) in [5, 5.41) is 14.0. The van der Waals surface area contributed by atoms with Gasteiger partial charge in [0, 0.05) is 12.8 Å². The van der Waals surface area contributed by atoms with E-state index in [4.69, 9.17) is 4.74 Å². The van der Waals surface area contributed by atoms with Crippen LogP contribution >= 0.6 is 0 Å². The first-order chi connectivity index (χ1) is 9.60. The van der Waals surface area contributed by atoms with Crippen LogP contribution in [0.5, 0.6) is 5.75 Å². The van der Waals surface area contributed by atoms with E-state index in [1.54, 1.807) is 26.8 Å². The summed E-state index contributed by atoms with van der Waals surface area (Å²) < 4.78 is 27.5. The number of benzene rings is 1. The van der Waals surface area contributed by atoms with Crippen molar-refractivity contribution in [1.29, 1.82) is 0 Å². The van der Waals surface area contributed by atoms with E-state index < -0.39 is 19.5 Å². The fraction of sp³-hybridized carbons (Fsp3) is 0.538. The summed E-state index contributed by atoms with van der Waals surface area (Å²) in [4.78, 5) is 10.7. The lowest BCUT2D eigenvalue weighted by atomic mass is 10.2. The van der Waals surface area contributed by atoms with Crippen LogP contribution in [0, 0.1) is 10.1 Å². The maximum Gasteiger partial charge on any atom is 0.333 e. The number of hydrogen-bond acceptors (Lipinski definition) is 6. The third-order valence-electron chi connectivity index (χ3n) is 3.19. The molecule has 118 valence electrons. The molecule has 0 radical (unpaired) electrons. The second-order valence-electron chi connectivity index (χ2n) is 5.23. The molecule has 0 unspecified atom stereocenters. The van der Waals surface area contributed by atoms with Gasteiger partial charge in [0.1, 0.15) is 5.69 Å². The molecule has 7 nitrogen and oxygen atoms in total. The second kappa shape index (κ2) is 6.30. The van der Waals surface area contributed by atoms with Gasteiger partial charge in [0.05, 0.1) is 16.3 Å². The number of sulfone groups is 1. The van der Waals surface area contributed by atoms with Gasteiger partial charge in [-0.15, -0.1) is 0 Å². The summed E-state index contributed by atoms with van der Waals surface area (Å²) >= 11 is 0. The molecule has 1 aromatic rings. The van der Waals surface area contributed by atoms with Crippen molar-refractivity contribution in [2.45, 2.75) is 25.5 Å². The summed E-state index contributed by atoms with van der Waals surface area (Å²) in [6.07, 6.45) is 1.14. The lowest BCUT2D eigenvalue weighted by Crippen LogP contribution is -2.38. The van der Waals surface area contributed by atoms with Gasteiger partial charge in [0.25, 0.3) is 0 Å². The Morgan fingerprint density at radius 1 is 1.38 bits per heavy atom. The molecule has 0 spiro atoms. The Balaban J connectivity index is 3.09. The van der Waals surface area contributed by atoms with Gasteiger partial charge in [-0.25, -0.2) is 8.42 Å². The largest absolute Gasteiger partial charge is 0.487 e. The van der Waals surface area contributed by atoms with Crippen molar-refractivity contribution in [2.75, 3.05) is 24.7 Å². The minimum Gasteiger partial charge on any atom is -0.487 e. The van der Waals surface area contributed by atoms with Crippen molar-refractivity contribution >= 4 is 21.2 Å². The van der Waals surface area contributed by atoms with Crippen LogP contribution in [0.1, 0.15) is 20.8 Å². The molecule has 1 N–H and O–H groups in total. The van der Waals surface area contributed by atoms with Crippen LogP contribution in [-0.4, -0.2) is 37.5 Å². The van der Waals surface area contributed by atoms with E-state index in [0.29, 0.717) is 6.61 Å². The van der Waals surface area contributed by atoms with Gasteiger partial charge >= 0.3 is 5.69 Å². The maximum atomic E-state index is 11.7. The summed E-state index contributed by atoms with van der Waals surface area (Å²) in [5.74, 6) is 0.157. The van der Waals surface area contributed by atoms with Gasteiger partial charge in [-0.05, 0) is 32.9 Å². The average Bonchev–Trinajstić information content (AvgIpc) is 2.35. The normalized spacial score (nSPS) is 12.0. The van der Waals surface area contributed by atoms with Gasteiger partial charge in [-0.3, -0.25) is 10.1 Å². The first-order valence-electron chi connectivity index (χ1n) is 6.44. The first-order valence-corrected chi connectivity index (χ1v) is 8.33. The zero-order valence-electron chi connectivity index (χ0n) is 12.5. The van der Waals surface area contributed by atoms with Crippen LogP contribution in [0.3, 0.4) is 0 Å². The number of nitrogens with zero attached hydrogens (tertiary/aromatic N) is 1. The van der Waals surface area contributed by atoms with Crippen LogP contribution in [0.2, 0.25) is 0 Å². The summed E-state index contributed by atoms with van der Waals surface area (Å²) in [5.41, 5.74) is 0.0475. The smallest absolute Gasteiger partial charge is 0.333 e. The summed E-state index contributed by atoms with van der Waals surface area (Å²) in [6.45, 7) is 5.22. The molecular weight excluding hydrogens is 296 g/mol. The molecule has 0 atom stereocenters. The van der Waals surface area contributed by atoms with Crippen molar-refractivity contribution in [3.63, 3.8) is 0 Å². The molecule has 21 heavy (non-hydrogen) atoms. The number of nitro groups is 1. The van der Waals surface area contributed by atoms with Crippen LogP contribution in [0.4, 0.5) is 11.4 Å². The Hall–Kier alpha value is -1.83. The highest BCUT2D eigenvalue weighted by Crippen LogP contribution is 2.35. The van der Waals surface area contributed by atoms with E-state index in [2.05, 4.69) is 5.32 Å². The monoisotopic (exact) mass is 316 g/mol. The molecule has 8 heteroatoms. The Bertz CT molecular complexity index is 625. The van der Waals surface area contributed by atoms with E-state index >= 15 is 0 Å². The predicted molar refractivity (Wildman–Crippen MR) is 81.7 cm³/mol. The zero-order chi connectivity index (χ0) is 16.3. The number of rotatable bonds is 7. The van der Waals surface area contributed by atoms with E-state index in [9.17, 15) is 18.5 Å². The fourth-order valence-electron chi connectivity index (χ4n) is 1.56. The molecule has 0 amide bonds. The molecule has 0 heterocycles. The molecule has 0 aliphatic carbocycles. The molecule has 0 bridgehead atoms. The fourth-order valence-corrected chi connectivity index (χ4v) is 1.90. The number of anilines is 1. The van der Waals surface area contributed by atoms with E-state index in [1.807, 2.05) is 0 Å². The van der Waals surface area contributed by atoms with Gasteiger partial charge in [0.15, 0.2) is 15.6 Å². The molecule has 0 saturated carbocycles.